The SMILES string of the molecule is C[C@]12[C@H](CC[C@@H]3[C@@H]1CC[C@]1(C)[C@@H](c4ccc(=O)oc4)CC[C@]31O)C[C@@H](O)C[C@H]2O. The van der Waals surface area contributed by atoms with E-state index in [9.17, 15) is 20.1 Å². The van der Waals surface area contributed by atoms with Crippen molar-refractivity contribution in [3.63, 3.8) is 0 Å². The predicted octanol–water partition coefficient (Wildman–Crippen LogP) is 3.21. The molecule has 0 unspecified atom stereocenters. The molecular formula is C24H34O5. The Bertz CT molecular complexity index is 829. The van der Waals surface area contributed by atoms with Gasteiger partial charge >= 0.3 is 5.63 Å². The van der Waals surface area contributed by atoms with Crippen molar-refractivity contribution in [2.24, 2.45) is 28.6 Å². The van der Waals surface area contributed by atoms with E-state index in [1.807, 2.05) is 6.07 Å². The first kappa shape index (κ1) is 19.8. The molecule has 4 aliphatic carbocycles. The molecule has 4 aliphatic rings. The number of fused-ring (bicyclic) bond motifs is 5. The topological polar surface area (TPSA) is 90.9 Å². The minimum Gasteiger partial charge on any atom is -0.431 e. The van der Waals surface area contributed by atoms with E-state index in [4.69, 9.17) is 4.42 Å². The van der Waals surface area contributed by atoms with Gasteiger partial charge in [0.05, 0.1) is 24.1 Å². The van der Waals surface area contributed by atoms with Gasteiger partial charge in [-0.05, 0) is 92.1 Å². The van der Waals surface area contributed by atoms with E-state index in [0.29, 0.717) is 12.3 Å². The van der Waals surface area contributed by atoms with E-state index in [0.717, 1.165) is 50.5 Å². The van der Waals surface area contributed by atoms with Crippen LogP contribution in [0.4, 0.5) is 0 Å². The summed E-state index contributed by atoms with van der Waals surface area (Å²) in [6.45, 7) is 4.44. The van der Waals surface area contributed by atoms with Crippen molar-refractivity contribution >= 4 is 0 Å². The Labute approximate surface area is 172 Å². The molecule has 1 heterocycles. The first-order valence-corrected chi connectivity index (χ1v) is 11.4. The highest BCUT2D eigenvalue weighted by molar-refractivity contribution is 5.27. The molecule has 0 bridgehead atoms. The third-order valence-electron chi connectivity index (χ3n) is 10.0. The molecule has 4 fully saturated rings. The zero-order chi connectivity index (χ0) is 20.6. The Morgan fingerprint density at radius 2 is 1.79 bits per heavy atom. The Balaban J connectivity index is 1.50. The fraction of sp³-hybridized carbons (Fsp3) is 0.792. The summed E-state index contributed by atoms with van der Waals surface area (Å²) in [7, 11) is 0. The summed E-state index contributed by atoms with van der Waals surface area (Å²) in [6, 6.07) is 3.35. The van der Waals surface area contributed by atoms with Crippen LogP contribution in [0.15, 0.2) is 27.6 Å². The average molecular weight is 403 g/mol. The normalized spacial score (nSPS) is 51.8. The molecule has 4 saturated carbocycles. The molecule has 5 nitrogen and oxygen atoms in total. The van der Waals surface area contributed by atoms with Crippen molar-refractivity contribution < 1.29 is 19.7 Å². The maximum absolute atomic E-state index is 12.2. The van der Waals surface area contributed by atoms with Crippen LogP contribution >= 0.6 is 0 Å². The minimum absolute atomic E-state index is 0.174. The maximum atomic E-state index is 12.2. The first-order valence-electron chi connectivity index (χ1n) is 11.4. The van der Waals surface area contributed by atoms with Gasteiger partial charge in [-0.2, -0.15) is 0 Å². The van der Waals surface area contributed by atoms with E-state index >= 15 is 0 Å². The second kappa shape index (κ2) is 6.41. The molecule has 5 rings (SSSR count). The molecule has 29 heavy (non-hydrogen) atoms. The van der Waals surface area contributed by atoms with Gasteiger partial charge in [-0.3, -0.25) is 0 Å². The van der Waals surface area contributed by atoms with Crippen molar-refractivity contribution in [2.75, 3.05) is 0 Å². The largest absolute Gasteiger partial charge is 0.431 e. The van der Waals surface area contributed by atoms with Crippen LogP contribution in [0.5, 0.6) is 0 Å². The van der Waals surface area contributed by atoms with Gasteiger partial charge in [0.15, 0.2) is 0 Å². The molecule has 1 aromatic heterocycles. The third-order valence-corrected chi connectivity index (χ3v) is 10.0. The third kappa shape index (κ3) is 2.53. The van der Waals surface area contributed by atoms with Crippen LogP contribution in [0.3, 0.4) is 0 Å². The van der Waals surface area contributed by atoms with Crippen molar-refractivity contribution in [1.29, 1.82) is 0 Å². The lowest BCUT2D eigenvalue weighted by Gasteiger charge is -2.64. The lowest BCUT2D eigenvalue weighted by molar-refractivity contribution is -0.229. The maximum Gasteiger partial charge on any atom is 0.335 e. The summed E-state index contributed by atoms with van der Waals surface area (Å²) < 4.78 is 5.15. The Morgan fingerprint density at radius 1 is 1.00 bits per heavy atom. The van der Waals surface area contributed by atoms with E-state index in [1.165, 1.54) is 6.07 Å². The highest BCUT2D eigenvalue weighted by atomic mass is 16.4. The van der Waals surface area contributed by atoms with E-state index in [2.05, 4.69) is 13.8 Å². The zero-order valence-electron chi connectivity index (χ0n) is 17.5. The summed E-state index contributed by atoms with van der Waals surface area (Å²) in [4.78, 5) is 11.4. The van der Waals surface area contributed by atoms with Crippen molar-refractivity contribution in [3.8, 4) is 0 Å². The van der Waals surface area contributed by atoms with Crippen LogP contribution in [0.2, 0.25) is 0 Å². The Kier molecular flexibility index (Phi) is 4.37. The summed E-state index contributed by atoms with van der Waals surface area (Å²) in [5.41, 5.74) is -0.564. The molecule has 1 aromatic rings. The number of hydrogen-bond donors (Lipinski definition) is 3. The van der Waals surface area contributed by atoms with Crippen molar-refractivity contribution in [1.82, 2.24) is 0 Å². The molecular weight excluding hydrogens is 368 g/mol. The van der Waals surface area contributed by atoms with Gasteiger partial charge in [0, 0.05) is 11.5 Å². The summed E-state index contributed by atoms with van der Waals surface area (Å²) >= 11 is 0. The van der Waals surface area contributed by atoms with Crippen LogP contribution in [0.25, 0.3) is 0 Å². The van der Waals surface area contributed by atoms with Gasteiger partial charge in [-0.15, -0.1) is 0 Å². The fourth-order valence-corrected chi connectivity index (χ4v) is 8.37. The number of hydrogen-bond acceptors (Lipinski definition) is 5. The average Bonchev–Trinajstić information content (AvgIpc) is 2.95. The van der Waals surface area contributed by atoms with E-state index < -0.39 is 17.8 Å². The van der Waals surface area contributed by atoms with Gasteiger partial charge in [-0.1, -0.05) is 13.8 Å². The molecule has 0 aromatic carbocycles. The van der Waals surface area contributed by atoms with Crippen LogP contribution in [0.1, 0.15) is 76.7 Å². The summed E-state index contributed by atoms with van der Waals surface area (Å²) in [5, 5.41) is 33.4. The highest BCUT2D eigenvalue weighted by Crippen LogP contribution is 2.70. The van der Waals surface area contributed by atoms with Crippen LogP contribution in [-0.4, -0.2) is 33.1 Å². The highest BCUT2D eigenvalue weighted by Gasteiger charge is 2.68. The molecule has 160 valence electrons. The molecule has 0 aliphatic heterocycles. The molecule has 0 radical (unpaired) electrons. The lowest BCUT2D eigenvalue weighted by Crippen LogP contribution is -2.64. The van der Waals surface area contributed by atoms with Gasteiger partial charge in [0.2, 0.25) is 0 Å². The fourth-order valence-electron chi connectivity index (χ4n) is 8.37. The Hall–Kier alpha value is -1.17. The van der Waals surface area contributed by atoms with Crippen molar-refractivity contribution in [2.45, 2.75) is 88.9 Å². The number of aliphatic hydroxyl groups is 3. The molecule has 0 spiro atoms. The smallest absolute Gasteiger partial charge is 0.335 e. The standard InChI is InChI=1S/C24H34O5/c1-22-9-7-18-19(5-4-15-11-16(25)12-20(26)23(15,18)2)24(22,28)10-8-17(22)14-3-6-21(27)29-13-14/h3,6,13,15-20,25-26,28H,4-5,7-12H2,1-2H3/t15-,16-,17-,18+,19-,20-,22-,23+,24+/m1/s1. The minimum atomic E-state index is -0.763. The molecule has 0 saturated heterocycles. The first-order chi connectivity index (χ1) is 13.7. The monoisotopic (exact) mass is 402 g/mol. The Morgan fingerprint density at radius 3 is 2.52 bits per heavy atom. The summed E-state index contributed by atoms with van der Waals surface area (Å²) in [6.07, 6.45) is 7.40. The molecule has 9 atom stereocenters. The summed E-state index contributed by atoms with van der Waals surface area (Å²) in [5.74, 6) is 0.972. The number of aliphatic hydroxyl groups excluding tert-OH is 2. The van der Waals surface area contributed by atoms with E-state index in [1.54, 1.807) is 6.26 Å². The zero-order valence-corrected chi connectivity index (χ0v) is 17.5. The second-order valence-corrected chi connectivity index (χ2v) is 10.9. The van der Waals surface area contributed by atoms with Crippen molar-refractivity contribution in [3.05, 3.63) is 34.4 Å². The second-order valence-electron chi connectivity index (χ2n) is 10.9. The van der Waals surface area contributed by atoms with E-state index in [-0.39, 0.29) is 34.2 Å². The molecule has 0 amide bonds. The molecule has 3 N–H and O–H groups in total. The number of rotatable bonds is 1. The van der Waals surface area contributed by atoms with Crippen LogP contribution in [0, 0.1) is 28.6 Å². The quantitative estimate of drug-likeness (QED) is 0.671. The van der Waals surface area contributed by atoms with Gasteiger partial charge in [-0.25, -0.2) is 4.79 Å². The van der Waals surface area contributed by atoms with Crippen LogP contribution < -0.4 is 5.63 Å². The van der Waals surface area contributed by atoms with Gasteiger partial charge in [0.1, 0.15) is 0 Å². The molecule has 5 heteroatoms. The van der Waals surface area contributed by atoms with Gasteiger partial charge in [0.25, 0.3) is 0 Å². The lowest BCUT2D eigenvalue weighted by atomic mass is 9.42. The van der Waals surface area contributed by atoms with Crippen LogP contribution in [-0.2, 0) is 0 Å². The van der Waals surface area contributed by atoms with Gasteiger partial charge < -0.3 is 19.7 Å². The predicted molar refractivity (Wildman–Crippen MR) is 108 cm³/mol.